The number of benzene rings is 1. The Bertz CT molecular complexity index is 680. The van der Waals surface area contributed by atoms with Gasteiger partial charge in [-0.1, -0.05) is 19.9 Å². The topological polar surface area (TPSA) is 37.8 Å². The maximum absolute atomic E-state index is 12.7. The van der Waals surface area contributed by atoms with E-state index in [-0.39, 0.29) is 17.2 Å². The number of aromatic amines is 1. The molecule has 0 radical (unpaired) electrons. The summed E-state index contributed by atoms with van der Waals surface area (Å²) in [6.45, 7) is 5.48. The molecule has 0 saturated heterocycles. The van der Waals surface area contributed by atoms with Gasteiger partial charge in [0.25, 0.3) is 5.56 Å². The van der Waals surface area contributed by atoms with Gasteiger partial charge in [-0.3, -0.25) is 9.89 Å². The van der Waals surface area contributed by atoms with Crippen molar-refractivity contribution in [2.45, 2.75) is 32.9 Å². The number of aryl methyl sites for hydroxylation is 1. The minimum absolute atomic E-state index is 0.00537. The van der Waals surface area contributed by atoms with Crippen molar-refractivity contribution in [1.82, 2.24) is 9.78 Å². The average Bonchev–Trinajstić information content (AvgIpc) is 2.64. The number of aromatic nitrogens is 2. The molecule has 0 aliphatic rings. The summed E-state index contributed by atoms with van der Waals surface area (Å²) in [5.41, 5.74) is 0.349. The number of hydrogen-bond donors (Lipinski definition) is 1. The van der Waals surface area contributed by atoms with Crippen molar-refractivity contribution in [2.75, 3.05) is 0 Å². The molecule has 0 atom stereocenters. The molecule has 0 saturated carbocycles. The van der Waals surface area contributed by atoms with Crippen LogP contribution in [0, 0.1) is 6.92 Å². The van der Waals surface area contributed by atoms with Crippen LogP contribution in [0.5, 0.6) is 0 Å². The molecule has 0 amide bonds. The van der Waals surface area contributed by atoms with E-state index in [0.717, 1.165) is 16.8 Å². The van der Waals surface area contributed by atoms with Gasteiger partial charge in [-0.15, -0.1) is 0 Å². The second-order valence-electron chi connectivity index (χ2n) is 4.99. The first-order valence-corrected chi connectivity index (χ1v) is 6.21. The Balaban J connectivity index is 2.59. The lowest BCUT2D eigenvalue weighted by molar-refractivity contribution is -0.137. The zero-order chi connectivity index (χ0) is 15.1. The highest BCUT2D eigenvalue weighted by atomic mass is 19.4. The SMILES string of the molecule is Cc1[nH]n(-c2cccc(C(F)(F)F)c2)c(=O)c1C(C)C. The van der Waals surface area contributed by atoms with E-state index >= 15 is 0 Å². The molecule has 1 aromatic heterocycles. The molecule has 108 valence electrons. The Morgan fingerprint density at radius 3 is 2.40 bits per heavy atom. The number of nitrogens with zero attached hydrogens (tertiary/aromatic N) is 1. The molecule has 2 aromatic rings. The van der Waals surface area contributed by atoms with Crippen LogP contribution in [0.1, 0.15) is 36.6 Å². The largest absolute Gasteiger partial charge is 0.416 e. The number of halogens is 3. The predicted molar refractivity (Wildman–Crippen MR) is 70.2 cm³/mol. The number of H-pyrrole nitrogens is 1. The van der Waals surface area contributed by atoms with Gasteiger partial charge in [0, 0.05) is 11.3 Å². The molecule has 0 spiro atoms. The van der Waals surface area contributed by atoms with Crippen LogP contribution in [0.3, 0.4) is 0 Å². The molecule has 1 heterocycles. The first-order chi connectivity index (χ1) is 9.21. The Labute approximate surface area is 114 Å². The maximum atomic E-state index is 12.7. The lowest BCUT2D eigenvalue weighted by atomic mass is 10.1. The zero-order valence-corrected chi connectivity index (χ0v) is 11.4. The summed E-state index contributed by atoms with van der Waals surface area (Å²) < 4.78 is 39.3. The fourth-order valence-electron chi connectivity index (χ4n) is 2.24. The average molecular weight is 284 g/mol. The van der Waals surface area contributed by atoms with Crippen LogP contribution in [0.2, 0.25) is 0 Å². The summed E-state index contributed by atoms with van der Waals surface area (Å²) in [5.74, 6) is 0.00537. The number of rotatable bonds is 2. The van der Waals surface area contributed by atoms with E-state index in [9.17, 15) is 18.0 Å². The van der Waals surface area contributed by atoms with Gasteiger partial charge >= 0.3 is 6.18 Å². The van der Waals surface area contributed by atoms with E-state index in [0.29, 0.717) is 11.3 Å². The third kappa shape index (κ3) is 2.50. The summed E-state index contributed by atoms with van der Waals surface area (Å²) in [6, 6.07) is 4.70. The number of hydrogen-bond acceptors (Lipinski definition) is 1. The van der Waals surface area contributed by atoms with Gasteiger partial charge in [0.1, 0.15) is 0 Å². The fraction of sp³-hybridized carbons (Fsp3) is 0.357. The van der Waals surface area contributed by atoms with Crippen LogP contribution in [0.15, 0.2) is 29.1 Å². The Morgan fingerprint density at radius 2 is 1.90 bits per heavy atom. The third-order valence-corrected chi connectivity index (χ3v) is 3.13. The fourth-order valence-corrected chi connectivity index (χ4v) is 2.24. The van der Waals surface area contributed by atoms with Crippen LogP contribution >= 0.6 is 0 Å². The highest BCUT2D eigenvalue weighted by Crippen LogP contribution is 2.30. The summed E-state index contributed by atoms with van der Waals surface area (Å²) in [5, 5.41) is 2.83. The minimum atomic E-state index is -4.43. The van der Waals surface area contributed by atoms with Gasteiger partial charge in [0.05, 0.1) is 11.3 Å². The smallest absolute Gasteiger partial charge is 0.295 e. The maximum Gasteiger partial charge on any atom is 0.416 e. The van der Waals surface area contributed by atoms with E-state index in [1.165, 1.54) is 12.1 Å². The highest BCUT2D eigenvalue weighted by Gasteiger charge is 2.30. The van der Waals surface area contributed by atoms with E-state index in [1.54, 1.807) is 6.92 Å². The van der Waals surface area contributed by atoms with Crippen molar-refractivity contribution in [3.8, 4) is 5.69 Å². The first-order valence-electron chi connectivity index (χ1n) is 6.21. The Kier molecular flexibility index (Phi) is 3.50. The van der Waals surface area contributed by atoms with Crippen molar-refractivity contribution in [3.63, 3.8) is 0 Å². The van der Waals surface area contributed by atoms with Crippen molar-refractivity contribution in [1.29, 1.82) is 0 Å². The van der Waals surface area contributed by atoms with Crippen LogP contribution < -0.4 is 5.56 Å². The van der Waals surface area contributed by atoms with E-state index in [4.69, 9.17) is 0 Å². The van der Waals surface area contributed by atoms with E-state index in [1.807, 2.05) is 13.8 Å². The Hall–Kier alpha value is -1.98. The van der Waals surface area contributed by atoms with Crippen LogP contribution in [0.4, 0.5) is 13.2 Å². The normalized spacial score (nSPS) is 12.2. The number of alkyl halides is 3. The summed E-state index contributed by atoms with van der Waals surface area (Å²) >= 11 is 0. The first kappa shape index (κ1) is 14.4. The van der Waals surface area contributed by atoms with Crippen LogP contribution in [0.25, 0.3) is 5.69 Å². The van der Waals surface area contributed by atoms with Crippen molar-refractivity contribution in [2.24, 2.45) is 0 Å². The molecule has 0 unspecified atom stereocenters. The van der Waals surface area contributed by atoms with Gasteiger partial charge < -0.3 is 0 Å². The second-order valence-corrected chi connectivity index (χ2v) is 4.99. The molecular formula is C14H15F3N2O. The number of nitrogens with one attached hydrogen (secondary N) is 1. The highest BCUT2D eigenvalue weighted by molar-refractivity contribution is 5.38. The zero-order valence-electron chi connectivity index (χ0n) is 11.4. The second kappa shape index (κ2) is 4.85. The quantitative estimate of drug-likeness (QED) is 0.898. The molecule has 20 heavy (non-hydrogen) atoms. The van der Waals surface area contributed by atoms with Crippen LogP contribution in [-0.4, -0.2) is 9.78 Å². The summed E-state index contributed by atoms with van der Waals surface area (Å²) in [4.78, 5) is 12.2. The van der Waals surface area contributed by atoms with Crippen molar-refractivity contribution < 1.29 is 13.2 Å². The molecule has 0 bridgehead atoms. The van der Waals surface area contributed by atoms with Gasteiger partial charge in [0.2, 0.25) is 0 Å². The molecule has 1 N–H and O–H groups in total. The molecule has 3 nitrogen and oxygen atoms in total. The van der Waals surface area contributed by atoms with E-state index < -0.39 is 11.7 Å². The van der Waals surface area contributed by atoms with Crippen molar-refractivity contribution >= 4 is 0 Å². The van der Waals surface area contributed by atoms with Gasteiger partial charge in [-0.25, -0.2) is 4.68 Å². The monoisotopic (exact) mass is 284 g/mol. The molecule has 0 aliphatic heterocycles. The molecule has 0 aliphatic carbocycles. The third-order valence-electron chi connectivity index (χ3n) is 3.13. The standard InChI is InChI=1S/C14H15F3N2O/c1-8(2)12-9(3)18-19(13(12)20)11-6-4-5-10(7-11)14(15,16)17/h4-8,18H,1-3H3. The molecule has 0 fully saturated rings. The van der Waals surface area contributed by atoms with Gasteiger partial charge in [-0.05, 0) is 31.0 Å². The Morgan fingerprint density at radius 1 is 1.25 bits per heavy atom. The van der Waals surface area contributed by atoms with Crippen molar-refractivity contribution in [3.05, 3.63) is 51.4 Å². The summed E-state index contributed by atoms with van der Waals surface area (Å²) in [7, 11) is 0. The molecule has 6 heteroatoms. The molecule has 1 aromatic carbocycles. The molecule has 2 rings (SSSR count). The molecular weight excluding hydrogens is 269 g/mol. The van der Waals surface area contributed by atoms with Crippen LogP contribution in [-0.2, 0) is 6.18 Å². The lowest BCUT2D eigenvalue weighted by Gasteiger charge is -2.08. The predicted octanol–water partition coefficient (Wildman–Crippen LogP) is 3.62. The van der Waals surface area contributed by atoms with Gasteiger partial charge in [0.15, 0.2) is 0 Å². The minimum Gasteiger partial charge on any atom is -0.295 e. The van der Waals surface area contributed by atoms with E-state index in [2.05, 4.69) is 5.10 Å². The lowest BCUT2D eigenvalue weighted by Crippen LogP contribution is -2.18. The summed E-state index contributed by atoms with van der Waals surface area (Å²) in [6.07, 6.45) is -4.43. The van der Waals surface area contributed by atoms with Gasteiger partial charge in [-0.2, -0.15) is 13.2 Å².